The van der Waals surface area contributed by atoms with Gasteiger partial charge < -0.3 is 15.5 Å². The number of carboxylic acid groups (broad SMARTS) is 2. The molecule has 0 radical (unpaired) electrons. The number of nitrogens with one attached hydrogen (secondary N) is 1. The lowest BCUT2D eigenvalue weighted by molar-refractivity contribution is -0.152. The van der Waals surface area contributed by atoms with Gasteiger partial charge in [0.05, 0.1) is 0 Å². The number of carbonyl (C=O) groups excluding carboxylic acids is 2. The minimum Gasteiger partial charge on any atom is -0.480 e. The van der Waals surface area contributed by atoms with Crippen LogP contribution >= 0.6 is 11.8 Å². The number of fused-ring (bicyclic) bond motifs is 1. The maximum Gasteiger partial charge on any atom is 0.352 e. The summed E-state index contributed by atoms with van der Waals surface area (Å²) in [6.07, 6.45) is 7.77. The third-order valence-corrected chi connectivity index (χ3v) is 5.46. The molecule has 0 aromatic heterocycles. The predicted molar refractivity (Wildman–Crippen MR) is 88.3 cm³/mol. The van der Waals surface area contributed by atoms with Gasteiger partial charge in [0.2, 0.25) is 5.91 Å². The van der Waals surface area contributed by atoms with Crippen molar-refractivity contribution in [2.45, 2.75) is 24.3 Å². The summed E-state index contributed by atoms with van der Waals surface area (Å²) in [6.45, 7) is 0. The van der Waals surface area contributed by atoms with E-state index in [1.807, 2.05) is 6.08 Å². The molecule has 1 fully saturated rings. The van der Waals surface area contributed by atoms with Crippen molar-refractivity contribution in [2.75, 3.05) is 5.75 Å². The summed E-state index contributed by atoms with van der Waals surface area (Å²) < 4.78 is 0. The molecule has 1 saturated heterocycles. The summed E-state index contributed by atoms with van der Waals surface area (Å²) in [7, 11) is 0. The van der Waals surface area contributed by atoms with E-state index in [1.165, 1.54) is 17.8 Å². The Hall–Kier alpha value is -2.55. The van der Waals surface area contributed by atoms with Crippen molar-refractivity contribution < 1.29 is 29.4 Å². The number of amides is 2. The number of aliphatic carboxylic acids is 2. The molecule has 0 saturated carbocycles. The van der Waals surface area contributed by atoms with Crippen LogP contribution in [0.5, 0.6) is 0 Å². The topological polar surface area (TPSA) is 124 Å². The molecular formula is C16H16N2O6S. The first-order valence-corrected chi connectivity index (χ1v) is 8.72. The van der Waals surface area contributed by atoms with Crippen LogP contribution in [-0.2, 0) is 19.2 Å². The second kappa shape index (κ2) is 6.75. The monoisotopic (exact) mass is 364 g/mol. The van der Waals surface area contributed by atoms with Gasteiger partial charge in [0.25, 0.3) is 5.91 Å². The Labute approximate surface area is 147 Å². The van der Waals surface area contributed by atoms with Gasteiger partial charge in [0.1, 0.15) is 17.1 Å². The average Bonchev–Trinajstić information content (AvgIpc) is 2.59. The Balaban J connectivity index is 1.72. The highest BCUT2D eigenvalue weighted by molar-refractivity contribution is 8.00. The molecule has 9 heteroatoms. The maximum atomic E-state index is 12.5. The molecule has 3 atom stereocenters. The number of hydrogen-bond acceptors (Lipinski definition) is 5. The molecule has 0 bridgehead atoms. The first-order valence-electron chi connectivity index (χ1n) is 7.67. The van der Waals surface area contributed by atoms with Crippen molar-refractivity contribution in [2.24, 2.45) is 5.92 Å². The standard InChI is InChI=1S/C16H16N2O6S/c19-12(10(16(23)24)8-4-2-1-3-5-8)17-11-13(20)18-9(15(21)22)6-7-25-14(11)18/h1-2,5-6,10-11,14H,3-4,7H2,(H,17,19)(H,21,22)(H,23,24)/t10?,11?,14-/m0/s1. The highest BCUT2D eigenvalue weighted by Crippen LogP contribution is 2.37. The van der Waals surface area contributed by atoms with Crippen molar-refractivity contribution in [1.29, 1.82) is 0 Å². The van der Waals surface area contributed by atoms with Gasteiger partial charge in [-0.1, -0.05) is 18.2 Å². The number of carbonyl (C=O) groups is 4. The van der Waals surface area contributed by atoms with Gasteiger partial charge in [-0.25, -0.2) is 4.79 Å². The number of allylic oxidation sites excluding steroid dienone is 3. The van der Waals surface area contributed by atoms with Gasteiger partial charge >= 0.3 is 11.9 Å². The number of carboxylic acids is 2. The van der Waals surface area contributed by atoms with Gasteiger partial charge in [0, 0.05) is 5.75 Å². The van der Waals surface area contributed by atoms with E-state index in [0.29, 0.717) is 24.2 Å². The van der Waals surface area contributed by atoms with Crippen LogP contribution in [0, 0.1) is 5.92 Å². The first-order chi connectivity index (χ1) is 11.9. The fourth-order valence-electron chi connectivity index (χ4n) is 3.07. The van der Waals surface area contributed by atoms with E-state index in [-0.39, 0.29) is 5.70 Å². The Morgan fingerprint density at radius 3 is 2.60 bits per heavy atom. The Morgan fingerprint density at radius 2 is 2.00 bits per heavy atom. The molecule has 1 aliphatic carbocycles. The minimum atomic E-state index is -1.35. The number of nitrogens with zero attached hydrogens (tertiary/aromatic N) is 1. The Bertz CT molecular complexity index is 741. The normalized spacial score (nSPS) is 25.9. The van der Waals surface area contributed by atoms with E-state index in [1.54, 1.807) is 12.2 Å². The van der Waals surface area contributed by atoms with E-state index in [0.717, 1.165) is 4.90 Å². The molecule has 3 N–H and O–H groups in total. The lowest BCUT2D eigenvalue weighted by atomic mass is 9.91. The lowest BCUT2D eigenvalue weighted by Crippen LogP contribution is -2.70. The molecule has 3 aliphatic rings. The highest BCUT2D eigenvalue weighted by Gasteiger charge is 2.53. The quantitative estimate of drug-likeness (QED) is 0.365. The van der Waals surface area contributed by atoms with Gasteiger partial charge in [-0.2, -0.15) is 0 Å². The van der Waals surface area contributed by atoms with Crippen molar-refractivity contribution in [3.8, 4) is 0 Å². The smallest absolute Gasteiger partial charge is 0.352 e. The van der Waals surface area contributed by atoms with Gasteiger partial charge in [-0.3, -0.25) is 19.3 Å². The fourth-order valence-corrected chi connectivity index (χ4v) is 4.26. The van der Waals surface area contributed by atoms with Gasteiger partial charge in [-0.15, -0.1) is 11.8 Å². The molecule has 3 rings (SSSR count). The molecule has 0 aromatic rings. The van der Waals surface area contributed by atoms with Crippen LogP contribution in [0.25, 0.3) is 0 Å². The Kier molecular flexibility index (Phi) is 4.67. The number of thioether (sulfide) groups is 1. The van der Waals surface area contributed by atoms with Crippen molar-refractivity contribution in [3.63, 3.8) is 0 Å². The zero-order chi connectivity index (χ0) is 18.1. The first kappa shape index (κ1) is 17.3. The predicted octanol–water partition coefficient (Wildman–Crippen LogP) is 0.332. The second-order valence-corrected chi connectivity index (χ2v) is 6.92. The molecule has 2 unspecified atom stereocenters. The minimum absolute atomic E-state index is 0.103. The van der Waals surface area contributed by atoms with Crippen LogP contribution in [0.15, 0.2) is 35.6 Å². The SMILES string of the molecule is O=C(O)C1=CCS[C@H]2C(NC(=O)C(C(=O)O)C3=CCC=CC3)C(=O)N12. The maximum absolute atomic E-state index is 12.5. The third-order valence-electron chi connectivity index (χ3n) is 4.28. The molecule has 0 aromatic carbocycles. The molecule has 25 heavy (non-hydrogen) atoms. The van der Waals surface area contributed by atoms with Crippen LogP contribution in [0.4, 0.5) is 0 Å². The molecule has 132 valence electrons. The summed E-state index contributed by atoms with van der Waals surface area (Å²) in [6, 6.07) is -0.915. The Morgan fingerprint density at radius 1 is 1.24 bits per heavy atom. The van der Waals surface area contributed by atoms with E-state index < -0.39 is 41.1 Å². The fraction of sp³-hybridized carbons (Fsp3) is 0.375. The van der Waals surface area contributed by atoms with Gasteiger partial charge in [0.15, 0.2) is 5.92 Å². The summed E-state index contributed by atoms with van der Waals surface area (Å²) in [5, 5.41) is 20.5. The molecule has 8 nitrogen and oxygen atoms in total. The number of rotatable bonds is 5. The molecule has 0 spiro atoms. The van der Waals surface area contributed by atoms with E-state index >= 15 is 0 Å². The van der Waals surface area contributed by atoms with Crippen LogP contribution in [0.1, 0.15) is 12.8 Å². The van der Waals surface area contributed by atoms with Crippen LogP contribution < -0.4 is 5.32 Å². The highest BCUT2D eigenvalue weighted by atomic mass is 32.2. The molecular weight excluding hydrogens is 348 g/mol. The molecule has 2 amide bonds. The summed E-state index contributed by atoms with van der Waals surface area (Å²) in [4.78, 5) is 48.5. The van der Waals surface area contributed by atoms with Crippen molar-refractivity contribution in [3.05, 3.63) is 35.6 Å². The number of hydrogen-bond donors (Lipinski definition) is 3. The van der Waals surface area contributed by atoms with Crippen LogP contribution in [0.3, 0.4) is 0 Å². The van der Waals surface area contributed by atoms with E-state index in [9.17, 15) is 24.3 Å². The number of β-lactam (4-membered cyclic amide) rings is 1. The van der Waals surface area contributed by atoms with E-state index in [4.69, 9.17) is 5.11 Å². The molecule has 2 heterocycles. The summed E-state index contributed by atoms with van der Waals surface area (Å²) in [5.41, 5.74) is 0.382. The summed E-state index contributed by atoms with van der Waals surface area (Å²) in [5.74, 6) is -4.72. The third kappa shape index (κ3) is 3.07. The van der Waals surface area contributed by atoms with Gasteiger partial charge in [-0.05, 0) is 24.5 Å². The lowest BCUT2D eigenvalue weighted by Gasteiger charge is -2.48. The van der Waals surface area contributed by atoms with Crippen molar-refractivity contribution >= 4 is 35.5 Å². The zero-order valence-corrected chi connectivity index (χ0v) is 13.9. The van der Waals surface area contributed by atoms with Crippen LogP contribution in [-0.4, -0.2) is 56.0 Å². The average molecular weight is 364 g/mol. The van der Waals surface area contributed by atoms with Crippen LogP contribution in [0.2, 0.25) is 0 Å². The zero-order valence-electron chi connectivity index (χ0n) is 13.0. The second-order valence-electron chi connectivity index (χ2n) is 5.77. The summed E-state index contributed by atoms with van der Waals surface area (Å²) >= 11 is 1.32. The van der Waals surface area contributed by atoms with Crippen molar-refractivity contribution in [1.82, 2.24) is 10.2 Å². The van der Waals surface area contributed by atoms with E-state index in [2.05, 4.69) is 5.32 Å². The molecule has 2 aliphatic heterocycles. The largest absolute Gasteiger partial charge is 0.480 e.